The van der Waals surface area contributed by atoms with Crippen LogP contribution in [0.5, 0.6) is 0 Å². The van der Waals surface area contributed by atoms with Crippen LogP contribution in [0.3, 0.4) is 0 Å². The molecule has 1 amide bonds. The van der Waals surface area contributed by atoms with E-state index in [1.165, 1.54) is 0 Å². The van der Waals surface area contributed by atoms with E-state index < -0.39 is 21.8 Å². The average Bonchev–Trinajstić information content (AvgIpc) is 3.08. The van der Waals surface area contributed by atoms with Gasteiger partial charge in [-0.3, -0.25) is 4.79 Å². The number of carbonyl (C=O) groups excluding carboxylic acids is 2. The predicted octanol–water partition coefficient (Wildman–Crippen LogP) is 3.87. The minimum atomic E-state index is -3.16. The summed E-state index contributed by atoms with van der Waals surface area (Å²) in [7, 11) is -3.16. The van der Waals surface area contributed by atoms with Gasteiger partial charge in [-0.15, -0.1) is 0 Å². The quantitative estimate of drug-likeness (QED) is 0.454. The fourth-order valence-electron chi connectivity index (χ4n) is 3.30. The van der Waals surface area contributed by atoms with Crippen LogP contribution in [0.4, 0.5) is 0 Å². The summed E-state index contributed by atoms with van der Waals surface area (Å²) in [4.78, 5) is 26.7. The van der Waals surface area contributed by atoms with Gasteiger partial charge in [0.05, 0.1) is 23.7 Å². The molecule has 6 nitrogen and oxygen atoms in total. The Morgan fingerprint density at radius 3 is 2.07 bits per heavy atom. The van der Waals surface area contributed by atoms with Crippen LogP contribution < -0.4 is 0 Å². The largest absolute Gasteiger partial charge is 0.462 e. The van der Waals surface area contributed by atoms with Crippen molar-refractivity contribution in [3.05, 3.63) is 69.7 Å². The maximum atomic E-state index is 13.0. The van der Waals surface area contributed by atoms with Crippen LogP contribution in [-0.4, -0.2) is 55.9 Å². The van der Waals surface area contributed by atoms with Gasteiger partial charge < -0.3 is 9.64 Å². The molecule has 1 saturated heterocycles. The molecule has 0 bridgehead atoms. The van der Waals surface area contributed by atoms with Crippen molar-refractivity contribution in [2.45, 2.75) is 18.9 Å². The van der Waals surface area contributed by atoms with E-state index in [2.05, 4.69) is 0 Å². The highest BCUT2D eigenvalue weighted by Gasteiger charge is 2.34. The lowest BCUT2D eigenvalue weighted by molar-refractivity contribution is 0.0475. The molecule has 0 aliphatic carbocycles. The molecule has 0 saturated carbocycles. The Morgan fingerprint density at radius 2 is 1.53 bits per heavy atom. The van der Waals surface area contributed by atoms with Gasteiger partial charge in [0.25, 0.3) is 5.91 Å². The Balaban J connectivity index is 1.62. The molecule has 1 aliphatic heterocycles. The number of hydrogen-bond donors (Lipinski definition) is 0. The van der Waals surface area contributed by atoms with Crippen LogP contribution in [0, 0.1) is 0 Å². The van der Waals surface area contributed by atoms with Crippen molar-refractivity contribution in [1.82, 2.24) is 4.90 Å². The lowest BCUT2D eigenvalue weighted by Gasteiger charge is -2.28. The molecule has 30 heavy (non-hydrogen) atoms. The van der Waals surface area contributed by atoms with Gasteiger partial charge >= 0.3 is 5.97 Å². The van der Waals surface area contributed by atoms with Crippen molar-refractivity contribution in [1.29, 1.82) is 0 Å². The summed E-state index contributed by atoms with van der Waals surface area (Å²) >= 11 is 11.7. The Bertz CT molecular complexity index is 1010. The summed E-state index contributed by atoms with van der Waals surface area (Å²) in [5, 5.41) is 1.03. The highest BCUT2D eigenvalue weighted by Crippen LogP contribution is 2.21. The Kier molecular flexibility index (Phi) is 7.39. The van der Waals surface area contributed by atoms with Gasteiger partial charge in [-0.2, -0.15) is 0 Å². The molecule has 1 atom stereocenters. The molecule has 0 spiro atoms. The summed E-state index contributed by atoms with van der Waals surface area (Å²) in [6.07, 6.45) is 0.779. The third-order valence-electron chi connectivity index (χ3n) is 4.86. The molecular formula is C21H21Cl2NO5S. The maximum Gasteiger partial charge on any atom is 0.338 e. The summed E-state index contributed by atoms with van der Waals surface area (Å²) in [5.41, 5.74) is 0.817. The van der Waals surface area contributed by atoms with Gasteiger partial charge in [0.2, 0.25) is 0 Å². The number of ether oxygens (including phenoxy) is 1. The molecular weight excluding hydrogens is 449 g/mol. The molecule has 1 heterocycles. The lowest BCUT2D eigenvalue weighted by Crippen LogP contribution is -2.42. The number of sulfone groups is 1. The zero-order valence-electron chi connectivity index (χ0n) is 16.1. The monoisotopic (exact) mass is 469 g/mol. The van der Waals surface area contributed by atoms with Crippen molar-refractivity contribution in [3.63, 3.8) is 0 Å². The number of amides is 1. The summed E-state index contributed by atoms with van der Waals surface area (Å²) in [6.45, 7) is 0.376. The first-order valence-electron chi connectivity index (χ1n) is 9.45. The van der Waals surface area contributed by atoms with E-state index in [1.807, 2.05) is 0 Å². The third-order valence-corrected chi connectivity index (χ3v) is 7.11. The fourth-order valence-corrected chi connectivity index (χ4v) is 5.28. The fraction of sp³-hybridized carbons (Fsp3) is 0.333. The smallest absolute Gasteiger partial charge is 0.338 e. The second kappa shape index (κ2) is 9.81. The Hall–Kier alpha value is -2.09. The number of carbonyl (C=O) groups is 2. The zero-order valence-corrected chi connectivity index (χ0v) is 18.4. The summed E-state index contributed by atoms with van der Waals surface area (Å²) < 4.78 is 29.1. The molecule has 3 rings (SSSR count). The minimum Gasteiger partial charge on any atom is -0.462 e. The number of esters is 1. The normalized spacial score (nSPS) is 17.5. The van der Waals surface area contributed by atoms with Crippen LogP contribution in [0.2, 0.25) is 10.0 Å². The highest BCUT2D eigenvalue weighted by atomic mass is 35.5. The molecule has 0 radical (unpaired) electrons. The van der Waals surface area contributed by atoms with Gasteiger partial charge in [-0.05, 0) is 61.4 Å². The van der Waals surface area contributed by atoms with Crippen molar-refractivity contribution in [2.75, 3.05) is 24.7 Å². The Labute approximate surface area is 185 Å². The molecule has 0 N–H and O–H groups in total. The van der Waals surface area contributed by atoms with Gasteiger partial charge in [0, 0.05) is 28.2 Å². The second-order valence-electron chi connectivity index (χ2n) is 7.06. The van der Waals surface area contributed by atoms with Crippen LogP contribution in [0.25, 0.3) is 0 Å². The van der Waals surface area contributed by atoms with Gasteiger partial charge in [0.15, 0.2) is 9.84 Å². The SMILES string of the molecule is O=C(OCCCN(C(=O)c1ccc(Cl)cc1)C1CCS(=O)(=O)C1)c1ccc(Cl)cc1. The van der Waals surface area contributed by atoms with Crippen molar-refractivity contribution in [2.24, 2.45) is 0 Å². The first-order valence-corrected chi connectivity index (χ1v) is 12.0. The lowest BCUT2D eigenvalue weighted by atomic mass is 10.1. The van der Waals surface area contributed by atoms with Crippen molar-refractivity contribution in [3.8, 4) is 0 Å². The van der Waals surface area contributed by atoms with E-state index in [9.17, 15) is 18.0 Å². The van der Waals surface area contributed by atoms with E-state index in [0.717, 1.165) is 0 Å². The first kappa shape index (κ1) is 22.6. The van der Waals surface area contributed by atoms with E-state index in [-0.39, 0.29) is 30.6 Å². The molecule has 1 aliphatic rings. The van der Waals surface area contributed by atoms with Gasteiger partial charge in [-0.1, -0.05) is 23.2 Å². The van der Waals surface area contributed by atoms with E-state index in [0.29, 0.717) is 34.0 Å². The number of benzene rings is 2. The zero-order chi connectivity index (χ0) is 21.7. The van der Waals surface area contributed by atoms with Gasteiger partial charge in [-0.25, -0.2) is 13.2 Å². The number of nitrogens with zero attached hydrogens (tertiary/aromatic N) is 1. The average molecular weight is 470 g/mol. The molecule has 2 aromatic rings. The number of rotatable bonds is 7. The molecule has 1 fully saturated rings. The first-order chi connectivity index (χ1) is 14.2. The molecule has 0 aromatic heterocycles. The molecule has 9 heteroatoms. The van der Waals surface area contributed by atoms with E-state index >= 15 is 0 Å². The summed E-state index contributed by atoms with van der Waals surface area (Å²) in [5.74, 6) is -0.742. The maximum absolute atomic E-state index is 13.0. The van der Waals surface area contributed by atoms with Crippen LogP contribution in [-0.2, 0) is 14.6 Å². The van der Waals surface area contributed by atoms with Crippen LogP contribution in [0.15, 0.2) is 48.5 Å². The summed E-state index contributed by atoms with van der Waals surface area (Å²) in [6, 6.07) is 12.4. The third kappa shape index (κ3) is 5.97. The minimum absolute atomic E-state index is 0.0586. The topological polar surface area (TPSA) is 80.8 Å². The van der Waals surface area contributed by atoms with Crippen molar-refractivity contribution < 1.29 is 22.7 Å². The van der Waals surface area contributed by atoms with Crippen LogP contribution in [0.1, 0.15) is 33.6 Å². The standard InChI is InChI=1S/C21H21Cl2NO5S/c22-17-6-2-15(3-7-17)20(25)24(19-10-13-30(27,28)14-19)11-1-12-29-21(26)16-4-8-18(23)9-5-16/h2-9,19H,1,10-14H2. The van der Waals surface area contributed by atoms with Crippen molar-refractivity contribution >= 4 is 44.9 Å². The number of hydrogen-bond acceptors (Lipinski definition) is 5. The van der Waals surface area contributed by atoms with E-state index in [1.54, 1.807) is 53.4 Å². The van der Waals surface area contributed by atoms with Crippen LogP contribution >= 0.6 is 23.2 Å². The Morgan fingerprint density at radius 1 is 0.967 bits per heavy atom. The second-order valence-corrected chi connectivity index (χ2v) is 10.2. The predicted molar refractivity (Wildman–Crippen MR) is 116 cm³/mol. The molecule has 160 valence electrons. The van der Waals surface area contributed by atoms with E-state index in [4.69, 9.17) is 27.9 Å². The molecule has 2 aromatic carbocycles. The highest BCUT2D eigenvalue weighted by molar-refractivity contribution is 7.91. The van der Waals surface area contributed by atoms with Gasteiger partial charge in [0.1, 0.15) is 0 Å². The molecule has 1 unspecified atom stereocenters. The number of halogens is 2.